The van der Waals surface area contributed by atoms with Crippen LogP contribution >= 0.6 is 11.8 Å². The normalized spacial score (nSPS) is 12.5. The van der Waals surface area contributed by atoms with Crippen LogP contribution in [-0.4, -0.2) is 17.0 Å². The largest absolute Gasteiger partial charge is 0.392 e. The number of aliphatic hydroxyl groups is 1. The predicted octanol–water partition coefficient (Wildman–Crippen LogP) is 5.98. The summed E-state index contributed by atoms with van der Waals surface area (Å²) in [6.45, 7) is 4.36. The zero-order valence-corrected chi connectivity index (χ0v) is 14.6. The average Bonchev–Trinajstić information content (AvgIpc) is 2.49. The third kappa shape index (κ3) is 9.97. The standard InChI is InChI=1S/C19H32OS/c1-3-4-5-6-7-8-9-10-11-18(20)16-21-19-14-12-17(2)13-15-19/h12-15,18,20H,3-11,16H2,1-2H3. The minimum atomic E-state index is -0.156. The Morgan fingerprint density at radius 1 is 0.905 bits per heavy atom. The van der Waals surface area contributed by atoms with Crippen molar-refractivity contribution >= 4 is 11.8 Å². The van der Waals surface area contributed by atoms with E-state index in [1.54, 1.807) is 11.8 Å². The van der Waals surface area contributed by atoms with E-state index in [9.17, 15) is 5.11 Å². The fourth-order valence-corrected chi connectivity index (χ4v) is 3.30. The number of rotatable bonds is 12. The molecule has 1 aromatic carbocycles. The Kier molecular flexibility index (Phi) is 10.7. The Morgan fingerprint density at radius 2 is 1.48 bits per heavy atom. The Labute approximate surface area is 135 Å². The molecule has 0 saturated heterocycles. The molecule has 1 nitrogen and oxygen atoms in total. The lowest BCUT2D eigenvalue weighted by Crippen LogP contribution is -2.09. The first-order chi connectivity index (χ1) is 10.2. The van der Waals surface area contributed by atoms with Gasteiger partial charge in [0.25, 0.3) is 0 Å². The highest BCUT2D eigenvalue weighted by Gasteiger charge is 2.05. The highest BCUT2D eigenvalue weighted by molar-refractivity contribution is 7.99. The molecule has 21 heavy (non-hydrogen) atoms. The van der Waals surface area contributed by atoms with Crippen LogP contribution in [0.4, 0.5) is 0 Å². The van der Waals surface area contributed by atoms with E-state index in [-0.39, 0.29) is 6.10 Å². The summed E-state index contributed by atoms with van der Waals surface area (Å²) in [5.74, 6) is 0.819. The van der Waals surface area contributed by atoms with Crippen LogP contribution in [0.1, 0.15) is 70.3 Å². The van der Waals surface area contributed by atoms with E-state index in [1.165, 1.54) is 61.8 Å². The number of aryl methyl sites for hydroxylation is 1. The monoisotopic (exact) mass is 308 g/mol. The third-order valence-corrected chi connectivity index (χ3v) is 5.01. The molecule has 1 rings (SSSR count). The summed E-state index contributed by atoms with van der Waals surface area (Å²) in [5, 5.41) is 10.0. The van der Waals surface area contributed by atoms with Crippen molar-refractivity contribution in [2.24, 2.45) is 0 Å². The van der Waals surface area contributed by atoms with Gasteiger partial charge in [0.05, 0.1) is 6.10 Å². The van der Waals surface area contributed by atoms with Crippen molar-refractivity contribution in [2.45, 2.75) is 82.6 Å². The van der Waals surface area contributed by atoms with Crippen LogP contribution in [0.5, 0.6) is 0 Å². The van der Waals surface area contributed by atoms with Crippen molar-refractivity contribution in [2.75, 3.05) is 5.75 Å². The number of aliphatic hydroxyl groups excluding tert-OH is 1. The number of hydrogen-bond donors (Lipinski definition) is 1. The summed E-state index contributed by atoms with van der Waals surface area (Å²) < 4.78 is 0. The lowest BCUT2D eigenvalue weighted by Gasteiger charge is -2.10. The molecule has 0 heterocycles. The van der Waals surface area contributed by atoms with Gasteiger partial charge in [-0.1, -0.05) is 76.0 Å². The SMILES string of the molecule is CCCCCCCCCCC(O)CSc1ccc(C)cc1. The second kappa shape index (κ2) is 12.1. The van der Waals surface area contributed by atoms with Gasteiger partial charge < -0.3 is 5.11 Å². The van der Waals surface area contributed by atoms with Gasteiger partial charge in [0, 0.05) is 10.6 Å². The second-order valence-electron chi connectivity index (χ2n) is 6.04. The van der Waals surface area contributed by atoms with Gasteiger partial charge in [-0.15, -0.1) is 11.8 Å². The molecule has 0 aliphatic heterocycles. The summed E-state index contributed by atoms with van der Waals surface area (Å²) in [7, 11) is 0. The van der Waals surface area contributed by atoms with Gasteiger partial charge in [-0.2, -0.15) is 0 Å². The summed E-state index contributed by atoms with van der Waals surface area (Å²) in [6.07, 6.45) is 11.4. The molecule has 0 aliphatic carbocycles. The summed E-state index contributed by atoms with van der Waals surface area (Å²) in [5.41, 5.74) is 1.29. The number of hydrogen-bond acceptors (Lipinski definition) is 2. The third-order valence-electron chi connectivity index (χ3n) is 3.85. The molecular formula is C19H32OS. The fraction of sp³-hybridized carbons (Fsp3) is 0.684. The number of thioether (sulfide) groups is 1. The van der Waals surface area contributed by atoms with Crippen LogP contribution in [0, 0.1) is 6.92 Å². The van der Waals surface area contributed by atoms with Crippen molar-refractivity contribution in [3.8, 4) is 0 Å². The molecule has 0 spiro atoms. The van der Waals surface area contributed by atoms with Crippen molar-refractivity contribution in [1.82, 2.24) is 0 Å². The number of unbranched alkanes of at least 4 members (excludes halogenated alkanes) is 7. The first-order valence-corrected chi connectivity index (χ1v) is 9.58. The Hall–Kier alpha value is -0.470. The van der Waals surface area contributed by atoms with Crippen LogP contribution in [0.15, 0.2) is 29.2 Å². The second-order valence-corrected chi connectivity index (χ2v) is 7.13. The van der Waals surface area contributed by atoms with Crippen LogP contribution < -0.4 is 0 Å². The van der Waals surface area contributed by atoms with Crippen LogP contribution in [0.25, 0.3) is 0 Å². The Bertz CT molecular complexity index is 347. The summed E-state index contributed by atoms with van der Waals surface area (Å²) in [4.78, 5) is 1.26. The van der Waals surface area contributed by atoms with Crippen LogP contribution in [0.2, 0.25) is 0 Å². The molecule has 0 radical (unpaired) electrons. The molecule has 0 saturated carbocycles. The zero-order valence-electron chi connectivity index (χ0n) is 13.8. The van der Waals surface area contributed by atoms with Gasteiger partial charge in [-0.3, -0.25) is 0 Å². The highest BCUT2D eigenvalue weighted by Crippen LogP contribution is 2.21. The Balaban J connectivity index is 1.96. The van der Waals surface area contributed by atoms with Gasteiger partial charge in [0.15, 0.2) is 0 Å². The maximum atomic E-state index is 10.0. The zero-order chi connectivity index (χ0) is 15.3. The van der Waals surface area contributed by atoms with E-state index in [0.29, 0.717) is 0 Å². The smallest absolute Gasteiger partial charge is 0.0634 e. The molecule has 1 unspecified atom stereocenters. The van der Waals surface area contributed by atoms with Gasteiger partial charge in [0.2, 0.25) is 0 Å². The van der Waals surface area contributed by atoms with Crippen LogP contribution in [0.3, 0.4) is 0 Å². The van der Waals surface area contributed by atoms with Crippen LogP contribution in [-0.2, 0) is 0 Å². The minimum Gasteiger partial charge on any atom is -0.392 e. The molecule has 0 aromatic heterocycles. The minimum absolute atomic E-state index is 0.156. The van der Waals surface area contributed by atoms with E-state index in [4.69, 9.17) is 0 Å². The summed E-state index contributed by atoms with van der Waals surface area (Å²) in [6, 6.07) is 8.55. The van der Waals surface area contributed by atoms with E-state index < -0.39 is 0 Å². The van der Waals surface area contributed by atoms with E-state index >= 15 is 0 Å². The first kappa shape index (κ1) is 18.6. The van der Waals surface area contributed by atoms with E-state index in [0.717, 1.165) is 12.2 Å². The fourth-order valence-electron chi connectivity index (χ4n) is 2.42. The maximum absolute atomic E-state index is 10.0. The lowest BCUT2D eigenvalue weighted by molar-refractivity contribution is 0.185. The maximum Gasteiger partial charge on any atom is 0.0634 e. The van der Waals surface area contributed by atoms with Gasteiger partial charge in [0.1, 0.15) is 0 Å². The molecule has 1 aromatic rings. The molecule has 0 aliphatic rings. The molecule has 0 bridgehead atoms. The van der Waals surface area contributed by atoms with Crippen molar-refractivity contribution in [3.63, 3.8) is 0 Å². The van der Waals surface area contributed by atoms with Gasteiger partial charge in [-0.25, -0.2) is 0 Å². The Morgan fingerprint density at radius 3 is 2.10 bits per heavy atom. The van der Waals surface area contributed by atoms with Crippen molar-refractivity contribution < 1.29 is 5.11 Å². The molecule has 0 fully saturated rings. The lowest BCUT2D eigenvalue weighted by atomic mass is 10.1. The number of benzene rings is 1. The topological polar surface area (TPSA) is 20.2 Å². The molecular weight excluding hydrogens is 276 g/mol. The van der Waals surface area contributed by atoms with Gasteiger partial charge in [-0.05, 0) is 25.5 Å². The summed E-state index contributed by atoms with van der Waals surface area (Å²) >= 11 is 1.76. The average molecular weight is 309 g/mol. The van der Waals surface area contributed by atoms with E-state index in [1.807, 2.05) is 0 Å². The molecule has 1 N–H and O–H groups in total. The molecule has 0 amide bonds. The van der Waals surface area contributed by atoms with Gasteiger partial charge >= 0.3 is 0 Å². The predicted molar refractivity (Wildman–Crippen MR) is 95.1 cm³/mol. The molecule has 2 heteroatoms. The highest BCUT2D eigenvalue weighted by atomic mass is 32.2. The quantitative estimate of drug-likeness (QED) is 0.378. The van der Waals surface area contributed by atoms with Crippen molar-refractivity contribution in [1.29, 1.82) is 0 Å². The first-order valence-electron chi connectivity index (χ1n) is 8.60. The van der Waals surface area contributed by atoms with E-state index in [2.05, 4.69) is 38.1 Å². The van der Waals surface area contributed by atoms with Crippen molar-refractivity contribution in [3.05, 3.63) is 29.8 Å². The molecule has 120 valence electrons. The molecule has 1 atom stereocenters.